The number of fused-ring (bicyclic) bond motifs is 1. The van der Waals surface area contributed by atoms with Gasteiger partial charge in [0.2, 0.25) is 0 Å². The summed E-state index contributed by atoms with van der Waals surface area (Å²) in [5.41, 5.74) is 1.84. The number of nitro groups is 1. The molecule has 0 saturated carbocycles. The Hall–Kier alpha value is -3.22. The Morgan fingerprint density at radius 2 is 1.78 bits per heavy atom. The molecule has 7 nitrogen and oxygen atoms in total. The largest absolute Gasteiger partial charge is 0.367 e. The number of carbonyl (C=O) groups excluding carboxylic acids is 2. The van der Waals surface area contributed by atoms with Gasteiger partial charge in [0.15, 0.2) is 0 Å². The molecule has 0 aromatic heterocycles. The lowest BCUT2D eigenvalue weighted by atomic mass is 10.1. The van der Waals surface area contributed by atoms with Gasteiger partial charge in [-0.3, -0.25) is 24.6 Å². The molecule has 1 heterocycles. The topological polar surface area (TPSA) is 92.6 Å². The fourth-order valence-electron chi connectivity index (χ4n) is 2.47. The number of hydrogen-bond acceptors (Lipinski definition) is 5. The third-order valence-electron chi connectivity index (χ3n) is 3.74. The van der Waals surface area contributed by atoms with Crippen LogP contribution in [0.2, 0.25) is 0 Å². The number of para-hydroxylation sites is 1. The number of amides is 2. The number of aryl methyl sites for hydroxylation is 1. The zero-order valence-corrected chi connectivity index (χ0v) is 12.3. The van der Waals surface area contributed by atoms with Crippen LogP contribution in [0.15, 0.2) is 42.5 Å². The van der Waals surface area contributed by atoms with Crippen LogP contribution < -0.4 is 5.32 Å². The van der Waals surface area contributed by atoms with E-state index in [0.29, 0.717) is 0 Å². The fourth-order valence-corrected chi connectivity index (χ4v) is 2.47. The van der Waals surface area contributed by atoms with Gasteiger partial charge in [-0.1, -0.05) is 18.2 Å². The Morgan fingerprint density at radius 3 is 2.48 bits per heavy atom. The van der Waals surface area contributed by atoms with Gasteiger partial charge in [0, 0.05) is 17.8 Å². The molecule has 116 valence electrons. The molecule has 0 aliphatic carbocycles. The molecule has 7 heteroatoms. The number of hydrogen-bond donors (Lipinski definition) is 1. The summed E-state index contributed by atoms with van der Waals surface area (Å²) >= 11 is 0. The van der Waals surface area contributed by atoms with Gasteiger partial charge in [-0.25, -0.2) is 0 Å². The second-order valence-corrected chi connectivity index (χ2v) is 5.18. The van der Waals surface area contributed by atoms with Crippen LogP contribution in [0.3, 0.4) is 0 Å². The number of carbonyl (C=O) groups is 2. The van der Waals surface area contributed by atoms with Gasteiger partial charge in [-0.05, 0) is 24.6 Å². The lowest BCUT2D eigenvalue weighted by molar-refractivity contribution is -0.384. The summed E-state index contributed by atoms with van der Waals surface area (Å²) in [4.78, 5) is 35.9. The van der Waals surface area contributed by atoms with E-state index in [4.69, 9.17) is 0 Å². The van der Waals surface area contributed by atoms with Gasteiger partial charge in [0.05, 0.1) is 22.7 Å². The summed E-state index contributed by atoms with van der Waals surface area (Å²) < 4.78 is 0. The molecule has 1 aliphatic rings. The minimum Gasteiger partial charge on any atom is -0.367 e. The van der Waals surface area contributed by atoms with Crippen LogP contribution in [-0.4, -0.2) is 28.3 Å². The molecule has 0 spiro atoms. The highest BCUT2D eigenvalue weighted by atomic mass is 16.6. The first-order valence-corrected chi connectivity index (χ1v) is 6.93. The van der Waals surface area contributed by atoms with E-state index < -0.39 is 16.7 Å². The average molecular weight is 311 g/mol. The number of anilines is 1. The van der Waals surface area contributed by atoms with Crippen LogP contribution in [0.1, 0.15) is 26.3 Å². The molecule has 1 N–H and O–H groups in total. The molecular weight excluding hydrogens is 298 g/mol. The Balaban J connectivity index is 1.83. The minimum absolute atomic E-state index is 0.00496. The number of rotatable bonds is 4. The zero-order valence-electron chi connectivity index (χ0n) is 12.3. The molecule has 0 fully saturated rings. The standard InChI is InChI=1S/C16H13N3O4/c1-10-4-2-3-5-14(10)17-9-18-15(20)12-7-6-11(19(22)23)8-13(12)16(18)21/h2-8,17H,9H2,1H3. The smallest absolute Gasteiger partial charge is 0.270 e. The van der Waals surface area contributed by atoms with Crippen molar-refractivity contribution in [2.75, 3.05) is 12.0 Å². The van der Waals surface area contributed by atoms with Crippen molar-refractivity contribution in [2.24, 2.45) is 0 Å². The maximum Gasteiger partial charge on any atom is 0.270 e. The average Bonchev–Trinajstić information content (AvgIpc) is 2.78. The van der Waals surface area contributed by atoms with E-state index in [1.54, 1.807) is 0 Å². The van der Waals surface area contributed by atoms with E-state index in [2.05, 4.69) is 5.32 Å². The van der Waals surface area contributed by atoms with E-state index in [1.807, 2.05) is 31.2 Å². The molecule has 2 aromatic carbocycles. The molecule has 2 amide bonds. The molecule has 0 atom stereocenters. The summed E-state index contributed by atoms with van der Waals surface area (Å²) in [5, 5.41) is 13.8. The van der Waals surface area contributed by atoms with Crippen molar-refractivity contribution >= 4 is 23.2 Å². The highest BCUT2D eigenvalue weighted by Crippen LogP contribution is 2.27. The van der Waals surface area contributed by atoms with Crippen LogP contribution in [0, 0.1) is 17.0 Å². The van der Waals surface area contributed by atoms with Gasteiger partial charge in [-0.15, -0.1) is 0 Å². The number of non-ortho nitro benzene ring substituents is 1. The van der Waals surface area contributed by atoms with E-state index in [-0.39, 0.29) is 23.5 Å². The van der Waals surface area contributed by atoms with Crippen LogP contribution in [0.4, 0.5) is 11.4 Å². The monoisotopic (exact) mass is 311 g/mol. The molecule has 0 unspecified atom stereocenters. The summed E-state index contributed by atoms with van der Waals surface area (Å²) in [6.07, 6.45) is 0. The number of nitrogens with one attached hydrogen (secondary N) is 1. The first-order valence-electron chi connectivity index (χ1n) is 6.93. The Kier molecular flexibility index (Phi) is 3.53. The number of imide groups is 1. The van der Waals surface area contributed by atoms with Gasteiger partial charge in [0.25, 0.3) is 17.5 Å². The van der Waals surface area contributed by atoms with E-state index in [0.717, 1.165) is 22.2 Å². The second-order valence-electron chi connectivity index (χ2n) is 5.18. The van der Waals surface area contributed by atoms with E-state index in [9.17, 15) is 19.7 Å². The van der Waals surface area contributed by atoms with Gasteiger partial charge < -0.3 is 5.32 Å². The van der Waals surface area contributed by atoms with Crippen molar-refractivity contribution in [1.82, 2.24) is 4.90 Å². The van der Waals surface area contributed by atoms with Gasteiger partial charge in [-0.2, -0.15) is 0 Å². The number of nitro benzene ring substituents is 1. The van der Waals surface area contributed by atoms with E-state index in [1.165, 1.54) is 12.1 Å². The molecule has 0 saturated heterocycles. The van der Waals surface area contributed by atoms with Crippen LogP contribution in [0.25, 0.3) is 0 Å². The third kappa shape index (κ3) is 2.52. The van der Waals surface area contributed by atoms with Gasteiger partial charge in [0.1, 0.15) is 0 Å². The summed E-state index contributed by atoms with van der Waals surface area (Å²) in [7, 11) is 0. The molecule has 3 rings (SSSR count). The van der Waals surface area contributed by atoms with Crippen molar-refractivity contribution in [2.45, 2.75) is 6.92 Å². The van der Waals surface area contributed by atoms with Crippen molar-refractivity contribution < 1.29 is 14.5 Å². The lowest BCUT2D eigenvalue weighted by Crippen LogP contribution is -2.34. The highest BCUT2D eigenvalue weighted by Gasteiger charge is 2.36. The first-order chi connectivity index (χ1) is 11.0. The van der Waals surface area contributed by atoms with E-state index >= 15 is 0 Å². The number of benzene rings is 2. The molecule has 0 radical (unpaired) electrons. The fraction of sp³-hybridized carbons (Fsp3) is 0.125. The first kappa shape index (κ1) is 14.7. The van der Waals surface area contributed by atoms with Crippen molar-refractivity contribution in [1.29, 1.82) is 0 Å². The molecule has 0 bridgehead atoms. The lowest BCUT2D eigenvalue weighted by Gasteiger charge is -2.16. The Bertz CT molecular complexity index is 832. The summed E-state index contributed by atoms with van der Waals surface area (Å²) in [6, 6.07) is 11.2. The quantitative estimate of drug-likeness (QED) is 0.532. The second kappa shape index (κ2) is 5.53. The normalized spacial score (nSPS) is 13.2. The molecule has 2 aromatic rings. The highest BCUT2D eigenvalue weighted by molar-refractivity contribution is 6.21. The maximum atomic E-state index is 12.3. The van der Waals surface area contributed by atoms with Crippen molar-refractivity contribution in [3.05, 3.63) is 69.3 Å². The predicted molar refractivity (Wildman–Crippen MR) is 83.3 cm³/mol. The van der Waals surface area contributed by atoms with Crippen molar-refractivity contribution in [3.63, 3.8) is 0 Å². The maximum absolute atomic E-state index is 12.3. The molecule has 1 aliphatic heterocycles. The minimum atomic E-state index is -0.591. The third-order valence-corrected chi connectivity index (χ3v) is 3.74. The zero-order chi connectivity index (χ0) is 16.6. The predicted octanol–water partition coefficient (Wildman–Crippen LogP) is 2.57. The Labute approximate surface area is 131 Å². The van der Waals surface area contributed by atoms with Crippen LogP contribution in [-0.2, 0) is 0 Å². The summed E-state index contributed by atoms with van der Waals surface area (Å²) in [6.45, 7) is 1.92. The Morgan fingerprint density at radius 1 is 1.09 bits per heavy atom. The number of nitrogens with zero attached hydrogens (tertiary/aromatic N) is 2. The summed E-state index contributed by atoms with van der Waals surface area (Å²) in [5.74, 6) is -0.990. The van der Waals surface area contributed by atoms with Crippen molar-refractivity contribution in [3.8, 4) is 0 Å². The molecular formula is C16H13N3O4. The molecule has 23 heavy (non-hydrogen) atoms. The van der Waals surface area contributed by atoms with Crippen LogP contribution >= 0.6 is 0 Å². The van der Waals surface area contributed by atoms with Crippen LogP contribution in [0.5, 0.6) is 0 Å². The SMILES string of the molecule is Cc1ccccc1NCN1C(=O)c2ccc([N+](=O)[O-])cc2C1=O. The van der Waals surface area contributed by atoms with Gasteiger partial charge >= 0.3 is 0 Å².